The first-order valence-electron chi connectivity index (χ1n) is 13.5. The molecule has 230 valence electrons. The van der Waals surface area contributed by atoms with Crippen LogP contribution in [-0.4, -0.2) is 36.2 Å². The van der Waals surface area contributed by atoms with E-state index in [9.17, 15) is 19.8 Å². The minimum atomic E-state index is -0.523. The fourth-order valence-corrected chi connectivity index (χ4v) is 4.63. The summed E-state index contributed by atoms with van der Waals surface area (Å²) in [5.74, 6) is -0.465. The van der Waals surface area contributed by atoms with E-state index < -0.39 is 11.8 Å². The molecule has 0 saturated heterocycles. The Hall–Kier alpha value is -5.18. The van der Waals surface area contributed by atoms with Gasteiger partial charge in [0.05, 0.1) is 36.4 Å². The Morgan fingerprint density at radius 3 is 2.16 bits per heavy atom. The minimum absolute atomic E-state index is 0.00685. The maximum Gasteiger partial charge on any atom is 0.315 e. The lowest BCUT2D eigenvalue weighted by Gasteiger charge is -2.15. The molecule has 45 heavy (non-hydrogen) atoms. The molecule has 4 aromatic carbocycles. The van der Waals surface area contributed by atoms with E-state index in [0.29, 0.717) is 38.1 Å². The number of aromatic hydroxyl groups is 1. The molecule has 3 N–H and O–H groups in total. The van der Waals surface area contributed by atoms with Crippen molar-refractivity contribution < 1.29 is 34.0 Å². The van der Waals surface area contributed by atoms with Crippen molar-refractivity contribution in [3.63, 3.8) is 0 Å². The molecule has 0 aliphatic rings. The number of halogens is 2. The topological polar surface area (TPSA) is 114 Å². The number of hydrogen-bond donors (Lipinski definition) is 3. The average molecular weight is 647 g/mol. The average Bonchev–Trinajstić information content (AvgIpc) is 3.02. The molecule has 0 fully saturated rings. The molecule has 0 amide bonds. The quantitative estimate of drug-likeness (QED) is 0.0463. The van der Waals surface area contributed by atoms with Gasteiger partial charge in [0.15, 0.2) is 28.8 Å². The molecule has 0 aliphatic carbocycles. The van der Waals surface area contributed by atoms with Crippen LogP contribution in [0.25, 0.3) is 12.2 Å². The summed E-state index contributed by atoms with van der Waals surface area (Å²) in [5.41, 5.74) is 3.11. The monoisotopic (exact) mass is 645 g/mol. The molecule has 0 heterocycles. The molecule has 0 aliphatic heterocycles. The highest BCUT2D eigenvalue weighted by Gasteiger charge is 2.15. The van der Waals surface area contributed by atoms with E-state index in [4.69, 9.17) is 37.4 Å². The van der Waals surface area contributed by atoms with E-state index in [1.165, 1.54) is 38.5 Å². The zero-order chi connectivity index (χ0) is 32.3. The highest BCUT2D eigenvalue weighted by atomic mass is 35.5. The van der Waals surface area contributed by atoms with Crippen LogP contribution in [-0.2, 0) is 16.0 Å². The minimum Gasteiger partial charge on any atom is -0.508 e. The van der Waals surface area contributed by atoms with Crippen LogP contribution in [0.5, 0.6) is 23.0 Å². The summed E-state index contributed by atoms with van der Waals surface area (Å²) in [6, 6.07) is 21.9. The predicted octanol–water partition coefficient (Wildman–Crippen LogP) is 8.35. The van der Waals surface area contributed by atoms with Gasteiger partial charge in [-0.15, -0.1) is 0 Å². The maximum atomic E-state index is 12.9. The molecule has 0 spiro atoms. The summed E-state index contributed by atoms with van der Waals surface area (Å²) in [6.45, 7) is 0. The number of aliphatic hydroxyl groups is 1. The number of carbonyl (C=O) groups excluding carboxylic acids is 2. The number of ether oxygens (including phenoxy) is 3. The number of ketones is 1. The second-order valence-electron chi connectivity index (χ2n) is 9.51. The van der Waals surface area contributed by atoms with Gasteiger partial charge in [-0.05, 0) is 71.3 Å². The Labute approximate surface area is 270 Å². The molecule has 0 radical (unpaired) electrons. The van der Waals surface area contributed by atoms with Crippen LogP contribution in [0.4, 0.5) is 11.4 Å². The molecule has 0 saturated carbocycles. The van der Waals surface area contributed by atoms with E-state index >= 15 is 0 Å². The summed E-state index contributed by atoms with van der Waals surface area (Å²) in [4.78, 5) is 25.3. The van der Waals surface area contributed by atoms with Crippen LogP contribution in [0.2, 0.25) is 10.0 Å². The number of methoxy groups -OCH3 is 2. The number of phenols is 1. The molecule has 8 nitrogen and oxygen atoms in total. The van der Waals surface area contributed by atoms with Crippen molar-refractivity contribution in [3.05, 3.63) is 130 Å². The van der Waals surface area contributed by atoms with Crippen LogP contribution >= 0.6 is 23.2 Å². The first-order chi connectivity index (χ1) is 21.7. The number of benzene rings is 4. The van der Waals surface area contributed by atoms with Gasteiger partial charge in [0, 0.05) is 11.8 Å². The number of esters is 1. The number of carbonyl (C=O) groups is 2. The zero-order valence-corrected chi connectivity index (χ0v) is 25.8. The number of anilines is 2. The summed E-state index contributed by atoms with van der Waals surface area (Å²) < 4.78 is 16.1. The highest BCUT2D eigenvalue weighted by Crippen LogP contribution is 2.34. The van der Waals surface area contributed by atoms with Gasteiger partial charge in [-0.2, -0.15) is 0 Å². The van der Waals surface area contributed by atoms with Crippen LogP contribution in [0, 0.1) is 0 Å². The summed E-state index contributed by atoms with van der Waals surface area (Å²) in [6.07, 6.45) is 6.75. The van der Waals surface area contributed by atoms with E-state index in [2.05, 4.69) is 5.32 Å². The lowest BCUT2D eigenvalue weighted by atomic mass is 10.1. The van der Waals surface area contributed by atoms with Gasteiger partial charge in [0.1, 0.15) is 5.76 Å². The number of allylic oxidation sites excluding steroid dienone is 3. The maximum absolute atomic E-state index is 12.9. The molecule has 4 rings (SSSR count). The van der Waals surface area contributed by atoms with Gasteiger partial charge < -0.3 is 29.7 Å². The second kappa shape index (κ2) is 15.5. The normalized spacial score (nSPS) is 11.5. The SMILES string of the molecule is COc1cc(/C=C/C(O)=C/C(=O)/C=C/c2ccc(OC(=O)Cc3ccccc3Nc3c(Cl)cccc3Cl)c(OC)c2)ccc1O. The number of nitrogens with one attached hydrogen (secondary N) is 1. The van der Waals surface area contributed by atoms with E-state index in [1.54, 1.807) is 60.7 Å². The van der Waals surface area contributed by atoms with Crippen molar-refractivity contribution in [1.82, 2.24) is 0 Å². The third-order valence-corrected chi connectivity index (χ3v) is 7.00. The van der Waals surface area contributed by atoms with Gasteiger partial charge in [0.25, 0.3) is 0 Å². The van der Waals surface area contributed by atoms with Crippen molar-refractivity contribution in [2.45, 2.75) is 6.42 Å². The fraction of sp³-hybridized carbons (Fsp3) is 0.0857. The Kier molecular flexibility index (Phi) is 11.3. The van der Waals surface area contributed by atoms with E-state index in [1.807, 2.05) is 18.2 Å². The van der Waals surface area contributed by atoms with Crippen molar-refractivity contribution in [2.24, 2.45) is 0 Å². The number of rotatable bonds is 12. The second-order valence-corrected chi connectivity index (χ2v) is 10.3. The van der Waals surface area contributed by atoms with Crippen LogP contribution < -0.4 is 19.5 Å². The first kappa shape index (κ1) is 32.7. The molecule has 0 unspecified atom stereocenters. The fourth-order valence-electron chi connectivity index (χ4n) is 4.13. The lowest BCUT2D eigenvalue weighted by molar-refractivity contribution is -0.133. The van der Waals surface area contributed by atoms with Crippen molar-refractivity contribution in [3.8, 4) is 23.0 Å². The Morgan fingerprint density at radius 2 is 1.44 bits per heavy atom. The molecule has 0 atom stereocenters. The molecule has 0 aromatic heterocycles. The summed E-state index contributed by atoms with van der Waals surface area (Å²) >= 11 is 12.6. The molecule has 0 bridgehead atoms. The van der Waals surface area contributed by atoms with Crippen LogP contribution in [0.1, 0.15) is 16.7 Å². The predicted molar refractivity (Wildman–Crippen MR) is 177 cm³/mol. The number of aliphatic hydroxyl groups excluding tert-OH is 1. The number of phenolic OH excluding ortho intramolecular Hbond substituents is 1. The number of para-hydroxylation sites is 2. The van der Waals surface area contributed by atoms with E-state index in [0.717, 1.165) is 6.08 Å². The van der Waals surface area contributed by atoms with Gasteiger partial charge in [-0.1, -0.05) is 71.8 Å². The summed E-state index contributed by atoms with van der Waals surface area (Å²) in [5, 5.41) is 23.9. The molecular formula is C35H29Cl2NO7. The Bertz CT molecular complexity index is 1780. The standard InChI is InChI=1S/C35H29Cl2NO7/c1-43-32-18-22(12-16-30(32)41)10-14-25(39)21-26(40)15-11-23-13-17-31(33(19-23)44-2)45-34(42)20-24-6-3-4-9-29(24)38-35-27(36)7-5-8-28(35)37/h3-19,21,38-39,41H,20H2,1-2H3/b14-10+,15-11+,25-21-. The zero-order valence-electron chi connectivity index (χ0n) is 24.3. The largest absolute Gasteiger partial charge is 0.508 e. The van der Waals surface area contributed by atoms with Crippen molar-refractivity contribution >= 4 is 58.5 Å². The highest BCUT2D eigenvalue weighted by molar-refractivity contribution is 6.39. The Balaban J connectivity index is 1.39. The van der Waals surface area contributed by atoms with Crippen LogP contribution in [0.15, 0.2) is 103 Å². The number of hydrogen-bond acceptors (Lipinski definition) is 8. The lowest BCUT2D eigenvalue weighted by Crippen LogP contribution is -2.13. The van der Waals surface area contributed by atoms with E-state index in [-0.39, 0.29) is 35.2 Å². The van der Waals surface area contributed by atoms with Gasteiger partial charge >= 0.3 is 5.97 Å². The van der Waals surface area contributed by atoms with Crippen molar-refractivity contribution in [1.29, 1.82) is 0 Å². The van der Waals surface area contributed by atoms with Crippen molar-refractivity contribution in [2.75, 3.05) is 19.5 Å². The smallest absolute Gasteiger partial charge is 0.315 e. The molecule has 10 heteroatoms. The molecule has 4 aromatic rings. The van der Waals surface area contributed by atoms with Gasteiger partial charge in [-0.3, -0.25) is 9.59 Å². The molecular weight excluding hydrogens is 617 g/mol. The van der Waals surface area contributed by atoms with Gasteiger partial charge in [-0.25, -0.2) is 0 Å². The Morgan fingerprint density at radius 1 is 0.800 bits per heavy atom. The third-order valence-electron chi connectivity index (χ3n) is 6.37. The summed E-state index contributed by atoms with van der Waals surface area (Å²) in [7, 11) is 2.87. The third kappa shape index (κ3) is 9.15. The van der Waals surface area contributed by atoms with Gasteiger partial charge in [0.2, 0.25) is 0 Å². The first-order valence-corrected chi connectivity index (χ1v) is 14.3. The van der Waals surface area contributed by atoms with Crippen LogP contribution in [0.3, 0.4) is 0 Å².